The number of rotatable bonds is 5. The first-order chi connectivity index (χ1) is 9.18. The van der Waals surface area contributed by atoms with Gasteiger partial charge in [-0.2, -0.15) is 0 Å². The van der Waals surface area contributed by atoms with Crippen LogP contribution in [-0.4, -0.2) is 45.6 Å². The second kappa shape index (κ2) is 6.26. The molecule has 1 rings (SSSR count). The van der Waals surface area contributed by atoms with Gasteiger partial charge < -0.3 is 4.90 Å². The zero-order chi connectivity index (χ0) is 15.5. The van der Waals surface area contributed by atoms with E-state index in [1.807, 2.05) is 13.0 Å². The lowest BCUT2D eigenvalue weighted by atomic mass is 10.1. The highest BCUT2D eigenvalue weighted by Crippen LogP contribution is 2.24. The summed E-state index contributed by atoms with van der Waals surface area (Å²) in [5.41, 5.74) is 1.47. The molecule has 1 atom stereocenters. The molecular formula is C14H22N2O3S. The quantitative estimate of drug-likeness (QED) is 0.830. The highest BCUT2D eigenvalue weighted by atomic mass is 32.2. The third-order valence-corrected chi connectivity index (χ3v) is 4.19. The van der Waals surface area contributed by atoms with E-state index in [9.17, 15) is 13.2 Å². The van der Waals surface area contributed by atoms with Crippen molar-refractivity contribution in [3.63, 3.8) is 0 Å². The maximum absolute atomic E-state index is 12.2. The number of carbonyl (C=O) groups is 1. The molecule has 0 saturated carbocycles. The van der Waals surface area contributed by atoms with Gasteiger partial charge in [-0.1, -0.05) is 19.1 Å². The molecule has 0 aliphatic heterocycles. The van der Waals surface area contributed by atoms with Crippen LogP contribution in [0.1, 0.15) is 18.9 Å². The largest absolute Gasteiger partial charge is 0.347 e. The zero-order valence-corrected chi connectivity index (χ0v) is 13.4. The van der Waals surface area contributed by atoms with Gasteiger partial charge in [-0.05, 0) is 31.0 Å². The van der Waals surface area contributed by atoms with Crippen molar-refractivity contribution in [1.29, 1.82) is 0 Å². The number of amides is 1. The first-order valence-corrected chi connectivity index (χ1v) is 8.30. The summed E-state index contributed by atoms with van der Waals surface area (Å²) in [6, 6.07) is 6.43. The molecule has 0 bridgehead atoms. The van der Waals surface area contributed by atoms with Crippen molar-refractivity contribution in [2.75, 3.05) is 24.7 Å². The van der Waals surface area contributed by atoms with Gasteiger partial charge in [-0.25, -0.2) is 8.42 Å². The van der Waals surface area contributed by atoms with Gasteiger partial charge >= 0.3 is 0 Å². The molecule has 1 aromatic carbocycles. The molecule has 0 fully saturated rings. The van der Waals surface area contributed by atoms with Crippen molar-refractivity contribution >= 4 is 21.6 Å². The molecule has 20 heavy (non-hydrogen) atoms. The van der Waals surface area contributed by atoms with Crippen molar-refractivity contribution in [1.82, 2.24) is 4.90 Å². The van der Waals surface area contributed by atoms with E-state index in [1.165, 1.54) is 9.21 Å². The average Bonchev–Trinajstić information content (AvgIpc) is 2.33. The molecular weight excluding hydrogens is 276 g/mol. The van der Waals surface area contributed by atoms with Gasteiger partial charge in [0.05, 0.1) is 11.9 Å². The topological polar surface area (TPSA) is 57.7 Å². The number of nitrogens with zero attached hydrogens (tertiary/aromatic N) is 2. The van der Waals surface area contributed by atoms with E-state index >= 15 is 0 Å². The van der Waals surface area contributed by atoms with Crippen molar-refractivity contribution in [2.45, 2.75) is 26.3 Å². The van der Waals surface area contributed by atoms with E-state index in [4.69, 9.17) is 0 Å². The van der Waals surface area contributed by atoms with Crippen LogP contribution in [0, 0.1) is 6.92 Å². The molecule has 0 aliphatic rings. The Kier molecular flexibility index (Phi) is 5.16. The molecule has 0 N–H and O–H groups in total. The molecule has 0 aliphatic carbocycles. The van der Waals surface area contributed by atoms with Crippen LogP contribution in [0.25, 0.3) is 0 Å². The Morgan fingerprint density at radius 1 is 1.30 bits per heavy atom. The monoisotopic (exact) mass is 298 g/mol. The predicted octanol–water partition coefficient (Wildman–Crippen LogP) is 1.63. The highest BCUT2D eigenvalue weighted by molar-refractivity contribution is 7.92. The van der Waals surface area contributed by atoms with E-state index in [2.05, 4.69) is 0 Å². The van der Waals surface area contributed by atoms with Crippen LogP contribution in [-0.2, 0) is 14.8 Å². The Morgan fingerprint density at radius 2 is 1.90 bits per heavy atom. The smallest absolute Gasteiger partial charge is 0.245 e. The second-order valence-electron chi connectivity index (χ2n) is 5.05. The number of anilines is 1. The number of likely N-dealkylation sites (N-methyl/N-ethyl adjacent to an activating group) is 1. The van der Waals surface area contributed by atoms with Crippen LogP contribution in [0.3, 0.4) is 0 Å². The third kappa shape index (κ3) is 3.72. The van der Waals surface area contributed by atoms with Crippen LogP contribution < -0.4 is 4.31 Å². The molecule has 0 heterocycles. The number of carbonyl (C=O) groups excluding carboxylic acids is 1. The Bertz CT molecular complexity index is 582. The van der Waals surface area contributed by atoms with Gasteiger partial charge in [0, 0.05) is 14.1 Å². The second-order valence-corrected chi connectivity index (χ2v) is 6.91. The maximum atomic E-state index is 12.2. The summed E-state index contributed by atoms with van der Waals surface area (Å²) in [6.07, 6.45) is 1.54. The van der Waals surface area contributed by atoms with E-state index in [0.717, 1.165) is 11.8 Å². The molecule has 0 spiro atoms. The Morgan fingerprint density at radius 3 is 2.30 bits per heavy atom. The number of hydrogen-bond acceptors (Lipinski definition) is 3. The normalized spacial score (nSPS) is 12.8. The van der Waals surface area contributed by atoms with Crippen LogP contribution >= 0.6 is 0 Å². The number of hydrogen-bond donors (Lipinski definition) is 0. The molecule has 0 unspecified atom stereocenters. The van der Waals surface area contributed by atoms with E-state index in [1.54, 1.807) is 39.2 Å². The standard InChI is InChI=1S/C14H22N2O3S/c1-6-13(14(17)15(3)4)16(20(5,18)19)12-9-7-8-11(2)10-12/h7-10,13H,6H2,1-5H3/t13-/m1/s1. The van der Waals surface area contributed by atoms with Crippen molar-refractivity contribution in [3.05, 3.63) is 29.8 Å². The lowest BCUT2D eigenvalue weighted by Crippen LogP contribution is -2.48. The summed E-state index contributed by atoms with van der Waals surface area (Å²) in [4.78, 5) is 13.7. The van der Waals surface area contributed by atoms with Crippen LogP contribution in [0.5, 0.6) is 0 Å². The fourth-order valence-electron chi connectivity index (χ4n) is 2.11. The molecule has 5 nitrogen and oxygen atoms in total. The first-order valence-electron chi connectivity index (χ1n) is 6.45. The number of aryl methyl sites for hydroxylation is 1. The van der Waals surface area contributed by atoms with Gasteiger partial charge in [0.1, 0.15) is 6.04 Å². The van der Waals surface area contributed by atoms with Gasteiger partial charge in [0.15, 0.2) is 0 Å². The number of sulfonamides is 1. The van der Waals surface area contributed by atoms with Gasteiger partial charge in [-0.3, -0.25) is 9.10 Å². The maximum Gasteiger partial charge on any atom is 0.245 e. The fraction of sp³-hybridized carbons (Fsp3) is 0.500. The minimum absolute atomic E-state index is 0.223. The Hall–Kier alpha value is -1.56. The highest BCUT2D eigenvalue weighted by Gasteiger charge is 2.32. The van der Waals surface area contributed by atoms with Gasteiger partial charge in [0.25, 0.3) is 0 Å². The van der Waals surface area contributed by atoms with Crippen LogP contribution in [0.15, 0.2) is 24.3 Å². The minimum atomic E-state index is -3.54. The summed E-state index contributed by atoms with van der Waals surface area (Å²) in [6.45, 7) is 3.69. The molecule has 6 heteroatoms. The van der Waals surface area contributed by atoms with Gasteiger partial charge in [0.2, 0.25) is 15.9 Å². The fourth-order valence-corrected chi connectivity index (χ4v) is 3.30. The predicted molar refractivity (Wildman–Crippen MR) is 81.3 cm³/mol. The Labute approximate surface area is 121 Å². The zero-order valence-electron chi connectivity index (χ0n) is 12.6. The SMILES string of the molecule is CC[C@H](C(=O)N(C)C)N(c1cccc(C)c1)S(C)(=O)=O. The molecule has 112 valence electrons. The first kappa shape index (κ1) is 16.5. The molecule has 0 saturated heterocycles. The van der Waals surface area contributed by atoms with E-state index in [-0.39, 0.29) is 5.91 Å². The van der Waals surface area contributed by atoms with Gasteiger partial charge in [-0.15, -0.1) is 0 Å². The van der Waals surface area contributed by atoms with Crippen LogP contribution in [0.4, 0.5) is 5.69 Å². The molecule has 1 aromatic rings. The minimum Gasteiger partial charge on any atom is -0.347 e. The van der Waals surface area contributed by atoms with Crippen molar-refractivity contribution < 1.29 is 13.2 Å². The summed E-state index contributed by atoms with van der Waals surface area (Å²) in [5.74, 6) is -0.223. The summed E-state index contributed by atoms with van der Waals surface area (Å²) in [5, 5.41) is 0. The summed E-state index contributed by atoms with van der Waals surface area (Å²) < 4.78 is 25.5. The number of benzene rings is 1. The summed E-state index contributed by atoms with van der Waals surface area (Å²) in [7, 11) is -0.285. The lowest BCUT2D eigenvalue weighted by molar-refractivity contribution is -0.129. The van der Waals surface area contributed by atoms with Crippen molar-refractivity contribution in [2.24, 2.45) is 0 Å². The molecule has 1 amide bonds. The average molecular weight is 298 g/mol. The third-order valence-electron chi connectivity index (χ3n) is 3.01. The van der Waals surface area contributed by atoms with E-state index in [0.29, 0.717) is 12.1 Å². The summed E-state index contributed by atoms with van der Waals surface area (Å²) >= 11 is 0. The molecule has 0 aromatic heterocycles. The lowest BCUT2D eigenvalue weighted by Gasteiger charge is -2.31. The van der Waals surface area contributed by atoms with E-state index < -0.39 is 16.1 Å². The Balaban J connectivity index is 3.36. The molecule has 0 radical (unpaired) electrons. The van der Waals surface area contributed by atoms with Crippen LogP contribution in [0.2, 0.25) is 0 Å². The van der Waals surface area contributed by atoms with Crippen molar-refractivity contribution in [3.8, 4) is 0 Å².